The Hall–Kier alpha value is -2.84. The predicted octanol–water partition coefficient (Wildman–Crippen LogP) is 2.25. The van der Waals surface area contributed by atoms with Crippen LogP contribution in [0.3, 0.4) is 0 Å². The summed E-state index contributed by atoms with van der Waals surface area (Å²) in [5.41, 5.74) is 4.72. The molecule has 1 amide bonds. The number of benzene rings is 1. The number of nitrogens with zero attached hydrogens (tertiary/aromatic N) is 2. The molecule has 0 spiro atoms. The fourth-order valence-electron chi connectivity index (χ4n) is 3.41. The maximum absolute atomic E-state index is 12.0. The summed E-state index contributed by atoms with van der Waals surface area (Å²) in [6.45, 7) is 3.63. The van der Waals surface area contributed by atoms with E-state index in [9.17, 15) is 4.79 Å². The monoisotopic (exact) mass is 398 g/mol. The lowest BCUT2D eigenvalue weighted by atomic mass is 10.1. The molecule has 4 rings (SSSR count). The van der Waals surface area contributed by atoms with Crippen LogP contribution in [0.1, 0.15) is 24.1 Å². The van der Waals surface area contributed by atoms with Gasteiger partial charge in [-0.15, -0.1) is 0 Å². The molecule has 154 valence electrons. The molecular weight excluding hydrogens is 372 g/mol. The molecule has 0 unspecified atom stereocenters. The van der Waals surface area contributed by atoms with Gasteiger partial charge in [-0.2, -0.15) is 0 Å². The molecule has 2 aliphatic rings. The number of hydrogen-bond donors (Lipinski definition) is 2. The van der Waals surface area contributed by atoms with Crippen molar-refractivity contribution < 1.29 is 19.0 Å². The minimum Gasteiger partial charge on any atom is -0.486 e. The summed E-state index contributed by atoms with van der Waals surface area (Å²) in [4.78, 5) is 16.4. The van der Waals surface area contributed by atoms with Crippen molar-refractivity contribution in [1.29, 1.82) is 0 Å². The Labute approximate surface area is 170 Å². The molecule has 3 heterocycles. The summed E-state index contributed by atoms with van der Waals surface area (Å²) >= 11 is 0. The van der Waals surface area contributed by atoms with Crippen LogP contribution in [0.2, 0.25) is 0 Å². The molecule has 8 nitrogen and oxygen atoms in total. The van der Waals surface area contributed by atoms with Gasteiger partial charge in [-0.1, -0.05) is 30.3 Å². The fraction of sp³-hybridized carbons (Fsp3) is 0.429. The first kappa shape index (κ1) is 19.5. The summed E-state index contributed by atoms with van der Waals surface area (Å²) in [6.07, 6.45) is 3.17. The number of rotatable bonds is 6. The molecule has 8 heteroatoms. The van der Waals surface area contributed by atoms with E-state index in [4.69, 9.17) is 14.2 Å². The first-order chi connectivity index (χ1) is 14.3. The molecule has 2 aromatic rings. The first-order valence-electron chi connectivity index (χ1n) is 9.96. The molecule has 1 saturated heterocycles. The Morgan fingerprint density at radius 2 is 1.90 bits per heavy atom. The lowest BCUT2D eigenvalue weighted by Crippen LogP contribution is -2.50. The Morgan fingerprint density at radius 3 is 2.69 bits per heavy atom. The van der Waals surface area contributed by atoms with Crippen LogP contribution in [-0.4, -0.2) is 48.4 Å². The second-order valence-electron chi connectivity index (χ2n) is 7.14. The molecule has 0 radical (unpaired) electrons. The topological polar surface area (TPSA) is 85.0 Å². The average molecular weight is 398 g/mol. The molecule has 0 bridgehead atoms. The zero-order chi connectivity index (χ0) is 19.9. The predicted molar refractivity (Wildman–Crippen MR) is 106 cm³/mol. The number of hydrazine groups is 1. The standard InChI is InChI=1S/C21H26N4O4/c26-21(29-15-16-4-2-1-3-5-16)24-25-8-6-17(7-9-25)22-13-18-12-19-20(14-23-18)28-11-10-27-19/h1-5,12,14,17,22H,6-11,13,15H2,(H,24,26). The van der Waals surface area contributed by atoms with Gasteiger partial charge >= 0.3 is 6.09 Å². The summed E-state index contributed by atoms with van der Waals surface area (Å²) in [6, 6.07) is 12.0. The Kier molecular flexibility index (Phi) is 6.43. The van der Waals surface area contributed by atoms with Crippen molar-refractivity contribution in [2.24, 2.45) is 0 Å². The van der Waals surface area contributed by atoms with Gasteiger partial charge in [0.1, 0.15) is 19.8 Å². The Morgan fingerprint density at radius 1 is 1.14 bits per heavy atom. The van der Waals surface area contributed by atoms with Gasteiger partial charge in [-0.3, -0.25) is 10.4 Å². The fourth-order valence-corrected chi connectivity index (χ4v) is 3.41. The van der Waals surface area contributed by atoms with E-state index >= 15 is 0 Å². The van der Waals surface area contributed by atoms with E-state index in [1.54, 1.807) is 6.20 Å². The first-order valence-corrected chi connectivity index (χ1v) is 9.96. The van der Waals surface area contributed by atoms with Crippen LogP contribution in [0.15, 0.2) is 42.6 Å². The SMILES string of the molecule is O=C(NN1CCC(NCc2cc3c(cn2)OCCO3)CC1)OCc1ccccc1. The molecular formula is C21H26N4O4. The second-order valence-corrected chi connectivity index (χ2v) is 7.14. The highest BCUT2D eigenvalue weighted by Gasteiger charge is 2.21. The van der Waals surface area contributed by atoms with Crippen molar-refractivity contribution in [3.8, 4) is 11.5 Å². The van der Waals surface area contributed by atoms with Crippen LogP contribution in [0.5, 0.6) is 11.5 Å². The van der Waals surface area contributed by atoms with Gasteiger partial charge < -0.3 is 19.5 Å². The smallest absolute Gasteiger partial charge is 0.422 e. The molecule has 2 N–H and O–H groups in total. The molecule has 29 heavy (non-hydrogen) atoms. The number of carbonyl (C=O) groups is 1. The van der Waals surface area contributed by atoms with Crippen LogP contribution in [0.25, 0.3) is 0 Å². The minimum atomic E-state index is -0.416. The summed E-state index contributed by atoms with van der Waals surface area (Å²) in [5.74, 6) is 1.47. The van der Waals surface area contributed by atoms with Crippen molar-refractivity contribution in [3.63, 3.8) is 0 Å². The van der Waals surface area contributed by atoms with Crippen molar-refractivity contribution in [2.45, 2.75) is 32.0 Å². The van der Waals surface area contributed by atoms with Crippen LogP contribution >= 0.6 is 0 Å². The highest BCUT2D eigenvalue weighted by Crippen LogP contribution is 2.29. The maximum Gasteiger partial charge on any atom is 0.422 e. The zero-order valence-corrected chi connectivity index (χ0v) is 16.3. The summed E-state index contributed by atoms with van der Waals surface area (Å²) < 4.78 is 16.4. The number of pyridine rings is 1. The third kappa shape index (κ3) is 5.58. The maximum atomic E-state index is 12.0. The lowest BCUT2D eigenvalue weighted by molar-refractivity contribution is 0.0848. The quantitative estimate of drug-likeness (QED) is 0.772. The number of fused-ring (bicyclic) bond motifs is 1. The number of nitrogens with one attached hydrogen (secondary N) is 2. The van der Waals surface area contributed by atoms with E-state index in [1.165, 1.54) is 0 Å². The van der Waals surface area contributed by atoms with Crippen molar-refractivity contribution in [2.75, 3.05) is 26.3 Å². The third-order valence-electron chi connectivity index (χ3n) is 5.02. The number of aromatic nitrogens is 1. The second kappa shape index (κ2) is 9.58. The number of amides is 1. The normalized spacial score (nSPS) is 17.0. The largest absolute Gasteiger partial charge is 0.486 e. The third-order valence-corrected chi connectivity index (χ3v) is 5.02. The van der Waals surface area contributed by atoms with E-state index in [0.29, 0.717) is 31.5 Å². The van der Waals surface area contributed by atoms with Gasteiger partial charge in [0.25, 0.3) is 0 Å². The zero-order valence-electron chi connectivity index (χ0n) is 16.3. The molecule has 1 aromatic carbocycles. The number of hydrogen-bond acceptors (Lipinski definition) is 7. The van der Waals surface area contributed by atoms with E-state index < -0.39 is 6.09 Å². The van der Waals surface area contributed by atoms with Crippen molar-refractivity contribution in [1.82, 2.24) is 20.7 Å². The Balaban J connectivity index is 1.15. The van der Waals surface area contributed by atoms with E-state index in [-0.39, 0.29) is 6.61 Å². The van der Waals surface area contributed by atoms with Crippen LogP contribution in [-0.2, 0) is 17.9 Å². The number of carbonyl (C=O) groups excluding carboxylic acids is 1. The van der Waals surface area contributed by atoms with Crippen molar-refractivity contribution >= 4 is 6.09 Å². The van der Waals surface area contributed by atoms with Crippen LogP contribution < -0.4 is 20.2 Å². The number of piperidine rings is 1. The molecule has 0 atom stereocenters. The Bertz CT molecular complexity index is 810. The molecule has 2 aliphatic heterocycles. The van der Waals surface area contributed by atoms with Crippen LogP contribution in [0, 0.1) is 0 Å². The van der Waals surface area contributed by atoms with E-state index in [0.717, 1.165) is 42.9 Å². The minimum absolute atomic E-state index is 0.271. The molecule has 0 saturated carbocycles. The lowest BCUT2D eigenvalue weighted by Gasteiger charge is -2.32. The van der Waals surface area contributed by atoms with Gasteiger partial charge in [0, 0.05) is 31.7 Å². The van der Waals surface area contributed by atoms with Gasteiger partial charge in [0.15, 0.2) is 11.5 Å². The van der Waals surface area contributed by atoms with Gasteiger partial charge in [-0.05, 0) is 18.4 Å². The highest BCUT2D eigenvalue weighted by atomic mass is 16.6. The van der Waals surface area contributed by atoms with E-state index in [1.807, 2.05) is 41.4 Å². The van der Waals surface area contributed by atoms with Crippen LogP contribution in [0.4, 0.5) is 4.79 Å². The molecule has 1 fully saturated rings. The molecule has 1 aromatic heterocycles. The van der Waals surface area contributed by atoms with Gasteiger partial charge in [0.2, 0.25) is 0 Å². The molecule has 0 aliphatic carbocycles. The summed E-state index contributed by atoms with van der Waals surface area (Å²) in [5, 5.41) is 5.45. The number of ether oxygens (including phenoxy) is 3. The van der Waals surface area contributed by atoms with E-state index in [2.05, 4.69) is 15.7 Å². The summed E-state index contributed by atoms with van der Waals surface area (Å²) in [7, 11) is 0. The van der Waals surface area contributed by atoms with Gasteiger partial charge in [0.05, 0.1) is 11.9 Å². The van der Waals surface area contributed by atoms with Crippen molar-refractivity contribution in [3.05, 3.63) is 53.9 Å². The average Bonchev–Trinajstić information content (AvgIpc) is 2.78. The van der Waals surface area contributed by atoms with Gasteiger partial charge in [-0.25, -0.2) is 9.80 Å². The highest BCUT2D eigenvalue weighted by molar-refractivity contribution is 5.66.